The van der Waals surface area contributed by atoms with E-state index in [4.69, 9.17) is 10.5 Å². The Morgan fingerprint density at radius 2 is 2.18 bits per heavy atom. The Morgan fingerprint density at radius 1 is 1.41 bits per heavy atom. The molecule has 90 valence electrons. The predicted molar refractivity (Wildman–Crippen MR) is 68.5 cm³/mol. The molecule has 2 aromatic rings. The molecule has 1 aromatic carbocycles. The van der Waals surface area contributed by atoms with Gasteiger partial charge in [-0.2, -0.15) is 5.10 Å². The SMILES string of the molecule is COC(C)Cn1cc(-c2ccccc2N)cn1. The summed E-state index contributed by atoms with van der Waals surface area (Å²) in [6.45, 7) is 2.75. The van der Waals surface area contributed by atoms with E-state index in [1.807, 2.05) is 48.3 Å². The zero-order valence-electron chi connectivity index (χ0n) is 10.1. The molecule has 0 aliphatic carbocycles. The van der Waals surface area contributed by atoms with E-state index >= 15 is 0 Å². The summed E-state index contributed by atoms with van der Waals surface area (Å²) in [7, 11) is 1.70. The molecule has 0 saturated carbocycles. The number of hydrogen-bond donors (Lipinski definition) is 1. The van der Waals surface area contributed by atoms with Crippen LogP contribution in [0.1, 0.15) is 6.92 Å². The molecule has 1 aromatic heterocycles. The van der Waals surface area contributed by atoms with Crippen LogP contribution in [0.4, 0.5) is 5.69 Å². The van der Waals surface area contributed by atoms with Crippen LogP contribution in [0.3, 0.4) is 0 Å². The fourth-order valence-electron chi connectivity index (χ4n) is 1.70. The van der Waals surface area contributed by atoms with Crippen LogP contribution in [0.25, 0.3) is 11.1 Å². The normalized spacial score (nSPS) is 12.6. The lowest BCUT2D eigenvalue weighted by atomic mass is 10.1. The molecule has 2 N–H and O–H groups in total. The van der Waals surface area contributed by atoms with Crippen molar-refractivity contribution in [1.29, 1.82) is 0 Å². The first-order valence-corrected chi connectivity index (χ1v) is 5.61. The average Bonchev–Trinajstić information content (AvgIpc) is 2.78. The maximum Gasteiger partial charge on any atom is 0.0739 e. The summed E-state index contributed by atoms with van der Waals surface area (Å²) in [5.74, 6) is 0. The van der Waals surface area contributed by atoms with Gasteiger partial charge < -0.3 is 10.5 Å². The van der Waals surface area contributed by atoms with Gasteiger partial charge in [0, 0.05) is 30.1 Å². The number of ether oxygens (including phenoxy) is 1. The second kappa shape index (κ2) is 5.01. The molecule has 0 aliphatic heterocycles. The largest absolute Gasteiger partial charge is 0.398 e. The molecule has 1 atom stereocenters. The van der Waals surface area contributed by atoms with Crippen molar-refractivity contribution in [3.8, 4) is 11.1 Å². The van der Waals surface area contributed by atoms with E-state index in [9.17, 15) is 0 Å². The smallest absolute Gasteiger partial charge is 0.0739 e. The van der Waals surface area contributed by atoms with Gasteiger partial charge in [-0.25, -0.2) is 0 Å². The van der Waals surface area contributed by atoms with Gasteiger partial charge in [-0.15, -0.1) is 0 Å². The van der Waals surface area contributed by atoms with Gasteiger partial charge in [-0.05, 0) is 13.0 Å². The summed E-state index contributed by atoms with van der Waals surface area (Å²) in [5.41, 5.74) is 8.75. The molecule has 0 amide bonds. The van der Waals surface area contributed by atoms with Crippen LogP contribution < -0.4 is 5.73 Å². The van der Waals surface area contributed by atoms with Crippen LogP contribution in [0.5, 0.6) is 0 Å². The predicted octanol–water partition coefficient (Wildman–Crippen LogP) is 2.17. The van der Waals surface area contributed by atoms with Crippen LogP contribution in [0.2, 0.25) is 0 Å². The number of nitrogens with two attached hydrogens (primary N) is 1. The van der Waals surface area contributed by atoms with Crippen LogP contribution in [-0.4, -0.2) is 23.0 Å². The van der Waals surface area contributed by atoms with Crippen molar-refractivity contribution in [1.82, 2.24) is 9.78 Å². The lowest BCUT2D eigenvalue weighted by Gasteiger charge is -2.08. The Labute approximate surface area is 101 Å². The highest BCUT2D eigenvalue weighted by Crippen LogP contribution is 2.24. The number of nitrogen functional groups attached to an aromatic ring is 1. The van der Waals surface area contributed by atoms with Crippen molar-refractivity contribution in [3.63, 3.8) is 0 Å². The van der Waals surface area contributed by atoms with Gasteiger partial charge in [0.15, 0.2) is 0 Å². The van der Waals surface area contributed by atoms with Crippen molar-refractivity contribution in [3.05, 3.63) is 36.7 Å². The number of methoxy groups -OCH3 is 1. The highest BCUT2D eigenvalue weighted by Gasteiger charge is 2.06. The number of nitrogens with zero attached hydrogens (tertiary/aromatic N) is 2. The first kappa shape index (κ1) is 11.7. The van der Waals surface area contributed by atoms with Crippen molar-refractivity contribution in [2.75, 3.05) is 12.8 Å². The summed E-state index contributed by atoms with van der Waals surface area (Å²) in [4.78, 5) is 0. The number of aromatic nitrogens is 2. The van der Waals surface area contributed by atoms with Crippen molar-refractivity contribution in [2.24, 2.45) is 0 Å². The third-order valence-electron chi connectivity index (χ3n) is 2.75. The molecule has 0 aliphatic rings. The van der Waals surface area contributed by atoms with Crippen molar-refractivity contribution < 1.29 is 4.74 Å². The quantitative estimate of drug-likeness (QED) is 0.820. The highest BCUT2D eigenvalue weighted by atomic mass is 16.5. The summed E-state index contributed by atoms with van der Waals surface area (Å²) in [6.07, 6.45) is 3.96. The minimum Gasteiger partial charge on any atom is -0.398 e. The second-order valence-electron chi connectivity index (χ2n) is 4.08. The van der Waals surface area contributed by atoms with Crippen molar-refractivity contribution in [2.45, 2.75) is 19.6 Å². The molecule has 0 fully saturated rings. The minimum atomic E-state index is 0.149. The zero-order valence-corrected chi connectivity index (χ0v) is 10.1. The monoisotopic (exact) mass is 231 g/mol. The maximum atomic E-state index is 5.93. The van der Waals surface area contributed by atoms with Gasteiger partial charge in [0.2, 0.25) is 0 Å². The minimum absolute atomic E-state index is 0.149. The van der Waals surface area contributed by atoms with E-state index in [-0.39, 0.29) is 6.10 Å². The first-order chi connectivity index (χ1) is 8.20. The van der Waals surface area contributed by atoms with Gasteiger partial charge in [-0.1, -0.05) is 18.2 Å². The standard InChI is InChI=1S/C13H17N3O/c1-10(17-2)8-16-9-11(7-15-16)12-5-3-4-6-13(12)14/h3-7,9-10H,8,14H2,1-2H3. The molecular formula is C13H17N3O. The molecule has 0 saturated heterocycles. The molecule has 2 rings (SSSR count). The topological polar surface area (TPSA) is 53.1 Å². The lowest BCUT2D eigenvalue weighted by molar-refractivity contribution is 0.0998. The Hall–Kier alpha value is -1.81. The Bertz CT molecular complexity index is 493. The molecule has 0 radical (unpaired) electrons. The summed E-state index contributed by atoms with van der Waals surface area (Å²) in [6, 6.07) is 7.79. The molecule has 4 heteroatoms. The van der Waals surface area contributed by atoms with E-state index in [1.54, 1.807) is 7.11 Å². The van der Waals surface area contributed by atoms with E-state index in [0.29, 0.717) is 0 Å². The third kappa shape index (κ3) is 2.65. The fraction of sp³-hybridized carbons (Fsp3) is 0.308. The number of para-hydroxylation sites is 1. The van der Waals surface area contributed by atoms with Gasteiger partial charge in [0.25, 0.3) is 0 Å². The van der Waals surface area contributed by atoms with Crippen LogP contribution in [-0.2, 0) is 11.3 Å². The Balaban J connectivity index is 2.21. The fourth-order valence-corrected chi connectivity index (χ4v) is 1.70. The van der Waals surface area contributed by atoms with Gasteiger partial charge in [-0.3, -0.25) is 4.68 Å². The number of rotatable bonds is 4. The second-order valence-corrected chi connectivity index (χ2v) is 4.08. The van der Waals surface area contributed by atoms with Gasteiger partial charge in [0.05, 0.1) is 18.8 Å². The zero-order chi connectivity index (χ0) is 12.3. The lowest BCUT2D eigenvalue weighted by Crippen LogP contribution is -2.14. The molecule has 0 bridgehead atoms. The Morgan fingerprint density at radius 3 is 2.88 bits per heavy atom. The molecule has 1 unspecified atom stereocenters. The van der Waals surface area contributed by atoms with E-state index in [1.165, 1.54) is 0 Å². The van der Waals surface area contributed by atoms with Crippen LogP contribution in [0, 0.1) is 0 Å². The summed E-state index contributed by atoms with van der Waals surface area (Å²) >= 11 is 0. The highest BCUT2D eigenvalue weighted by molar-refractivity contribution is 5.75. The first-order valence-electron chi connectivity index (χ1n) is 5.61. The number of hydrogen-bond acceptors (Lipinski definition) is 3. The maximum absolute atomic E-state index is 5.93. The molecule has 0 spiro atoms. The molecule has 1 heterocycles. The number of benzene rings is 1. The van der Waals surface area contributed by atoms with E-state index < -0.39 is 0 Å². The van der Waals surface area contributed by atoms with Gasteiger partial charge >= 0.3 is 0 Å². The summed E-state index contributed by atoms with van der Waals surface area (Å²) < 4.78 is 7.08. The van der Waals surface area contributed by atoms with Crippen LogP contribution >= 0.6 is 0 Å². The van der Waals surface area contributed by atoms with Crippen LogP contribution in [0.15, 0.2) is 36.7 Å². The van der Waals surface area contributed by atoms with Crippen molar-refractivity contribution >= 4 is 5.69 Å². The Kier molecular flexibility index (Phi) is 3.44. The molecular weight excluding hydrogens is 214 g/mol. The molecule has 4 nitrogen and oxygen atoms in total. The number of anilines is 1. The average molecular weight is 231 g/mol. The summed E-state index contributed by atoms with van der Waals surface area (Å²) in [5, 5.41) is 4.30. The molecule has 17 heavy (non-hydrogen) atoms. The van der Waals surface area contributed by atoms with Gasteiger partial charge in [0.1, 0.15) is 0 Å². The van der Waals surface area contributed by atoms with E-state index in [2.05, 4.69) is 5.10 Å². The van der Waals surface area contributed by atoms with E-state index in [0.717, 1.165) is 23.4 Å². The third-order valence-corrected chi connectivity index (χ3v) is 2.75.